The molecular weight excluding hydrogens is 368 g/mol. The Balaban J connectivity index is 1.61. The SMILES string of the molecule is O=C(O)c1ccc(CCCC2C(Cl)CC(O)C2C#Cc2ccccc2)s1. The van der Waals surface area contributed by atoms with Crippen molar-refractivity contribution in [2.75, 3.05) is 0 Å². The molecule has 1 aromatic carbocycles. The number of carboxylic acid groups (broad SMARTS) is 1. The predicted octanol–water partition coefficient (Wildman–Crippen LogP) is 4.43. The van der Waals surface area contributed by atoms with Gasteiger partial charge in [-0.3, -0.25) is 0 Å². The van der Waals surface area contributed by atoms with E-state index in [9.17, 15) is 9.90 Å². The second kappa shape index (κ2) is 8.73. The third-order valence-electron chi connectivity index (χ3n) is 4.80. The van der Waals surface area contributed by atoms with Gasteiger partial charge in [-0.1, -0.05) is 30.0 Å². The van der Waals surface area contributed by atoms with Gasteiger partial charge < -0.3 is 10.2 Å². The summed E-state index contributed by atoms with van der Waals surface area (Å²) in [5.74, 6) is 5.56. The number of aliphatic hydroxyl groups is 1. The van der Waals surface area contributed by atoms with E-state index in [1.807, 2.05) is 36.4 Å². The summed E-state index contributed by atoms with van der Waals surface area (Å²) in [5, 5.41) is 19.3. The molecule has 136 valence electrons. The fourth-order valence-corrected chi connectivity index (χ4v) is 4.81. The van der Waals surface area contributed by atoms with Crippen LogP contribution in [0.3, 0.4) is 0 Å². The van der Waals surface area contributed by atoms with E-state index in [1.165, 1.54) is 11.3 Å². The van der Waals surface area contributed by atoms with E-state index in [2.05, 4.69) is 11.8 Å². The van der Waals surface area contributed by atoms with Crippen molar-refractivity contribution < 1.29 is 15.0 Å². The summed E-state index contributed by atoms with van der Waals surface area (Å²) in [7, 11) is 0. The molecule has 4 atom stereocenters. The Morgan fingerprint density at radius 2 is 2.00 bits per heavy atom. The molecule has 0 radical (unpaired) electrons. The summed E-state index contributed by atoms with van der Waals surface area (Å²) >= 11 is 7.80. The number of halogens is 1. The lowest BCUT2D eigenvalue weighted by Gasteiger charge is -2.18. The fraction of sp³-hybridized carbons (Fsp3) is 0.381. The topological polar surface area (TPSA) is 57.5 Å². The average Bonchev–Trinajstić information content (AvgIpc) is 3.19. The van der Waals surface area contributed by atoms with E-state index < -0.39 is 12.1 Å². The molecule has 0 amide bonds. The van der Waals surface area contributed by atoms with Gasteiger partial charge in [-0.25, -0.2) is 4.79 Å². The molecular formula is C21H21ClO3S. The first-order valence-electron chi connectivity index (χ1n) is 8.75. The monoisotopic (exact) mass is 388 g/mol. The molecule has 1 aliphatic carbocycles. The van der Waals surface area contributed by atoms with Crippen molar-refractivity contribution in [2.24, 2.45) is 11.8 Å². The molecule has 1 heterocycles. The highest BCUT2D eigenvalue weighted by molar-refractivity contribution is 7.13. The van der Waals surface area contributed by atoms with Crippen molar-refractivity contribution in [1.82, 2.24) is 0 Å². The number of carboxylic acids is 1. The molecule has 26 heavy (non-hydrogen) atoms. The summed E-state index contributed by atoms with van der Waals surface area (Å²) in [6.07, 6.45) is 2.69. The molecule has 4 unspecified atom stereocenters. The van der Waals surface area contributed by atoms with Crippen LogP contribution in [-0.4, -0.2) is 27.7 Å². The van der Waals surface area contributed by atoms with Gasteiger partial charge in [-0.15, -0.1) is 22.9 Å². The molecule has 1 fully saturated rings. The van der Waals surface area contributed by atoms with Gasteiger partial charge in [-0.2, -0.15) is 0 Å². The van der Waals surface area contributed by atoms with Gasteiger partial charge in [0.05, 0.1) is 12.0 Å². The van der Waals surface area contributed by atoms with Gasteiger partial charge in [0, 0.05) is 15.8 Å². The van der Waals surface area contributed by atoms with E-state index >= 15 is 0 Å². The normalized spacial score (nSPS) is 24.8. The van der Waals surface area contributed by atoms with Gasteiger partial charge in [0.1, 0.15) is 4.88 Å². The summed E-state index contributed by atoms with van der Waals surface area (Å²) in [6, 6.07) is 13.3. The van der Waals surface area contributed by atoms with Crippen LogP contribution >= 0.6 is 22.9 Å². The maximum absolute atomic E-state index is 11.0. The van der Waals surface area contributed by atoms with Crippen LogP contribution in [0.4, 0.5) is 0 Å². The number of alkyl halides is 1. The van der Waals surface area contributed by atoms with Crippen LogP contribution in [0.25, 0.3) is 0 Å². The van der Waals surface area contributed by atoms with Crippen LogP contribution in [0.1, 0.15) is 39.4 Å². The van der Waals surface area contributed by atoms with E-state index in [-0.39, 0.29) is 17.2 Å². The number of aryl methyl sites for hydroxylation is 1. The van der Waals surface area contributed by atoms with Crippen molar-refractivity contribution in [3.8, 4) is 11.8 Å². The first-order chi connectivity index (χ1) is 12.5. The van der Waals surface area contributed by atoms with E-state index in [1.54, 1.807) is 6.07 Å². The Morgan fingerprint density at radius 1 is 1.23 bits per heavy atom. The van der Waals surface area contributed by atoms with E-state index in [0.29, 0.717) is 11.3 Å². The average molecular weight is 389 g/mol. The van der Waals surface area contributed by atoms with Crippen molar-refractivity contribution in [2.45, 2.75) is 37.2 Å². The van der Waals surface area contributed by atoms with E-state index in [4.69, 9.17) is 16.7 Å². The van der Waals surface area contributed by atoms with Crippen LogP contribution in [0.2, 0.25) is 0 Å². The van der Waals surface area contributed by atoms with Crippen molar-refractivity contribution in [3.05, 3.63) is 57.8 Å². The minimum atomic E-state index is -0.878. The fourth-order valence-electron chi connectivity index (χ4n) is 3.45. The molecule has 1 aliphatic rings. The lowest BCUT2D eigenvalue weighted by molar-refractivity contribution is 0.0702. The molecule has 2 aromatic rings. The number of carbonyl (C=O) groups is 1. The molecule has 3 nitrogen and oxygen atoms in total. The number of benzene rings is 1. The molecule has 2 N–H and O–H groups in total. The maximum atomic E-state index is 11.0. The van der Waals surface area contributed by atoms with Crippen LogP contribution in [0.5, 0.6) is 0 Å². The summed E-state index contributed by atoms with van der Waals surface area (Å²) in [6.45, 7) is 0. The van der Waals surface area contributed by atoms with Crippen LogP contribution in [0.15, 0.2) is 42.5 Å². The number of thiophene rings is 1. The summed E-state index contributed by atoms with van der Waals surface area (Å²) in [4.78, 5) is 12.4. The number of hydrogen-bond acceptors (Lipinski definition) is 3. The minimum absolute atomic E-state index is 0.0713. The van der Waals surface area contributed by atoms with Crippen LogP contribution < -0.4 is 0 Å². The zero-order chi connectivity index (χ0) is 18.5. The third-order valence-corrected chi connectivity index (χ3v) is 6.43. The lowest BCUT2D eigenvalue weighted by atomic mass is 9.90. The Labute approximate surface area is 162 Å². The zero-order valence-corrected chi connectivity index (χ0v) is 15.8. The predicted molar refractivity (Wildman–Crippen MR) is 105 cm³/mol. The first kappa shape index (κ1) is 19.0. The third kappa shape index (κ3) is 4.67. The molecule has 1 aromatic heterocycles. The largest absolute Gasteiger partial charge is 0.477 e. The van der Waals surface area contributed by atoms with Crippen molar-refractivity contribution in [3.63, 3.8) is 0 Å². The smallest absolute Gasteiger partial charge is 0.345 e. The Bertz CT molecular complexity index is 805. The maximum Gasteiger partial charge on any atom is 0.345 e. The second-order valence-electron chi connectivity index (χ2n) is 6.61. The highest BCUT2D eigenvalue weighted by Gasteiger charge is 2.40. The number of aromatic carboxylic acids is 1. The van der Waals surface area contributed by atoms with Crippen LogP contribution in [0, 0.1) is 23.7 Å². The van der Waals surface area contributed by atoms with Gasteiger partial charge in [0.2, 0.25) is 0 Å². The highest BCUT2D eigenvalue weighted by Crippen LogP contribution is 2.39. The number of rotatable bonds is 5. The number of hydrogen-bond donors (Lipinski definition) is 2. The Morgan fingerprint density at radius 3 is 2.69 bits per heavy atom. The standard InChI is InChI=1S/C21H21ClO3S/c22-18-13-19(23)17(11-9-14-5-2-1-3-6-14)16(18)8-4-7-15-10-12-20(26-15)21(24)25/h1-3,5-6,10,12,16-19,23H,4,7-8,13H2,(H,24,25). The van der Waals surface area contributed by atoms with Gasteiger partial charge in [0.15, 0.2) is 0 Å². The summed E-state index contributed by atoms with van der Waals surface area (Å²) in [5.41, 5.74) is 0.941. The molecule has 5 heteroatoms. The highest BCUT2D eigenvalue weighted by atomic mass is 35.5. The van der Waals surface area contributed by atoms with Crippen molar-refractivity contribution >= 4 is 28.9 Å². The van der Waals surface area contributed by atoms with Crippen molar-refractivity contribution in [1.29, 1.82) is 0 Å². The molecule has 0 aliphatic heterocycles. The van der Waals surface area contributed by atoms with Gasteiger partial charge in [0.25, 0.3) is 0 Å². The number of aliphatic hydroxyl groups excluding tert-OH is 1. The molecule has 3 rings (SSSR count). The first-order valence-corrected chi connectivity index (χ1v) is 10.0. The summed E-state index contributed by atoms with van der Waals surface area (Å²) < 4.78 is 0. The molecule has 0 spiro atoms. The quantitative estimate of drug-likeness (QED) is 0.588. The molecule has 0 bridgehead atoms. The van der Waals surface area contributed by atoms with Gasteiger partial charge in [-0.05, 0) is 55.9 Å². The van der Waals surface area contributed by atoms with E-state index in [0.717, 1.165) is 29.7 Å². The van der Waals surface area contributed by atoms with Gasteiger partial charge >= 0.3 is 5.97 Å². The second-order valence-corrected chi connectivity index (χ2v) is 8.34. The zero-order valence-electron chi connectivity index (χ0n) is 14.3. The minimum Gasteiger partial charge on any atom is -0.477 e. The Hall–Kier alpha value is -1.80. The Kier molecular flexibility index (Phi) is 6.37. The van der Waals surface area contributed by atoms with Crippen LogP contribution in [-0.2, 0) is 6.42 Å². The lowest BCUT2D eigenvalue weighted by Crippen LogP contribution is -2.19. The molecule has 0 saturated heterocycles. The molecule has 1 saturated carbocycles.